The Morgan fingerprint density at radius 3 is 2.60 bits per heavy atom. The van der Waals surface area contributed by atoms with Crippen LogP contribution in [0, 0.1) is 5.92 Å². The van der Waals surface area contributed by atoms with E-state index in [9.17, 15) is 9.59 Å². The van der Waals surface area contributed by atoms with Gasteiger partial charge in [-0.1, -0.05) is 33.1 Å². The highest BCUT2D eigenvalue weighted by atomic mass is 16.7. The van der Waals surface area contributed by atoms with Crippen LogP contribution in [0.3, 0.4) is 0 Å². The number of carbonyl (C=O) groups is 2. The van der Waals surface area contributed by atoms with Gasteiger partial charge in [0.15, 0.2) is 0 Å². The fourth-order valence-corrected chi connectivity index (χ4v) is 1.80. The maximum absolute atomic E-state index is 11.8. The number of hydrogen-bond acceptors (Lipinski definition) is 5. The van der Waals surface area contributed by atoms with E-state index < -0.39 is 18.4 Å². The zero-order valence-corrected chi connectivity index (χ0v) is 12.2. The molecule has 2 unspecified atom stereocenters. The van der Waals surface area contributed by atoms with Gasteiger partial charge in [0.25, 0.3) is 6.29 Å². The first-order valence-electron chi connectivity index (χ1n) is 6.90. The Labute approximate surface area is 119 Å². The number of hydrogen-bond donors (Lipinski definition) is 0. The van der Waals surface area contributed by atoms with Crippen LogP contribution in [0.5, 0.6) is 0 Å². The molecule has 0 bridgehead atoms. The van der Waals surface area contributed by atoms with Gasteiger partial charge in [-0.05, 0) is 6.42 Å². The maximum Gasteiger partial charge on any atom is 0.422 e. The molecule has 0 saturated carbocycles. The van der Waals surface area contributed by atoms with Gasteiger partial charge in [0.1, 0.15) is 6.33 Å². The molecular formula is C14H22N2O4. The standard InChI is InChI=1S/C14H22N2O4/c1-4-5-6-7-11(2)13(19-12(3)17)20-14(18)16-9-8-15-10-16/h8-11,13H,4-7H2,1-3H3. The first-order valence-corrected chi connectivity index (χ1v) is 6.90. The first kappa shape index (κ1) is 16.2. The summed E-state index contributed by atoms with van der Waals surface area (Å²) in [4.78, 5) is 26.7. The van der Waals surface area contributed by atoms with E-state index in [2.05, 4.69) is 11.9 Å². The van der Waals surface area contributed by atoms with Crippen LogP contribution in [0.15, 0.2) is 18.7 Å². The molecule has 1 aromatic heterocycles. The molecule has 20 heavy (non-hydrogen) atoms. The molecule has 1 aromatic rings. The van der Waals surface area contributed by atoms with E-state index in [1.165, 1.54) is 30.2 Å². The third kappa shape index (κ3) is 5.42. The van der Waals surface area contributed by atoms with Crippen LogP contribution in [-0.2, 0) is 14.3 Å². The second kappa shape index (κ2) is 8.35. The van der Waals surface area contributed by atoms with E-state index in [-0.39, 0.29) is 5.92 Å². The lowest BCUT2D eigenvalue weighted by Crippen LogP contribution is -2.31. The van der Waals surface area contributed by atoms with Crippen molar-refractivity contribution in [3.63, 3.8) is 0 Å². The number of imidazole rings is 1. The lowest BCUT2D eigenvalue weighted by molar-refractivity contribution is -0.173. The maximum atomic E-state index is 11.8. The Hall–Kier alpha value is -1.85. The van der Waals surface area contributed by atoms with E-state index in [0.717, 1.165) is 25.7 Å². The fraction of sp³-hybridized carbons (Fsp3) is 0.643. The predicted octanol–water partition coefficient (Wildman–Crippen LogP) is 2.97. The zero-order chi connectivity index (χ0) is 15.0. The lowest BCUT2D eigenvalue weighted by Gasteiger charge is -2.23. The summed E-state index contributed by atoms with van der Waals surface area (Å²) in [6.07, 6.45) is 6.90. The molecule has 0 aromatic carbocycles. The minimum absolute atomic E-state index is 0.0436. The second-order valence-electron chi connectivity index (χ2n) is 4.80. The van der Waals surface area contributed by atoms with Gasteiger partial charge in [0.05, 0.1) is 0 Å². The van der Waals surface area contributed by atoms with Gasteiger partial charge in [-0.25, -0.2) is 14.3 Å². The summed E-state index contributed by atoms with van der Waals surface area (Å²) >= 11 is 0. The zero-order valence-electron chi connectivity index (χ0n) is 12.2. The summed E-state index contributed by atoms with van der Waals surface area (Å²) in [5.41, 5.74) is 0. The monoisotopic (exact) mass is 282 g/mol. The highest BCUT2D eigenvalue weighted by molar-refractivity contribution is 5.70. The predicted molar refractivity (Wildman–Crippen MR) is 73.0 cm³/mol. The van der Waals surface area contributed by atoms with Gasteiger partial charge in [0, 0.05) is 25.2 Å². The van der Waals surface area contributed by atoms with Crippen LogP contribution >= 0.6 is 0 Å². The Balaban J connectivity index is 2.58. The van der Waals surface area contributed by atoms with E-state index in [1.54, 1.807) is 0 Å². The normalized spacial score (nSPS) is 13.6. The van der Waals surface area contributed by atoms with Crippen molar-refractivity contribution in [3.8, 4) is 0 Å². The molecule has 0 radical (unpaired) electrons. The summed E-state index contributed by atoms with van der Waals surface area (Å²) in [6.45, 7) is 5.33. The largest absolute Gasteiger partial charge is 0.425 e. The van der Waals surface area contributed by atoms with E-state index in [0.29, 0.717) is 0 Å². The highest BCUT2D eigenvalue weighted by Gasteiger charge is 2.24. The Bertz CT molecular complexity index is 417. The lowest BCUT2D eigenvalue weighted by atomic mass is 10.0. The summed E-state index contributed by atoms with van der Waals surface area (Å²) in [7, 11) is 0. The summed E-state index contributed by atoms with van der Waals surface area (Å²) in [5, 5.41) is 0. The molecule has 0 fully saturated rings. The molecule has 0 aliphatic carbocycles. The molecule has 0 saturated heterocycles. The number of esters is 1. The summed E-state index contributed by atoms with van der Waals surface area (Å²) in [5.74, 6) is -0.506. The van der Waals surface area contributed by atoms with E-state index in [4.69, 9.17) is 9.47 Å². The Kier molecular flexibility index (Phi) is 6.76. The van der Waals surface area contributed by atoms with Crippen LogP contribution in [-0.4, -0.2) is 27.9 Å². The molecule has 0 aliphatic rings. The van der Waals surface area contributed by atoms with Crippen molar-refractivity contribution in [2.45, 2.75) is 52.7 Å². The van der Waals surface area contributed by atoms with Crippen molar-refractivity contribution in [3.05, 3.63) is 18.7 Å². The highest BCUT2D eigenvalue weighted by Crippen LogP contribution is 2.18. The number of unbranched alkanes of at least 4 members (excludes halogenated alkanes) is 2. The van der Waals surface area contributed by atoms with E-state index >= 15 is 0 Å². The SMILES string of the molecule is CCCCCC(C)C(OC(C)=O)OC(=O)n1ccnc1. The molecule has 0 aliphatic heterocycles. The Morgan fingerprint density at radius 2 is 2.05 bits per heavy atom. The molecule has 6 heteroatoms. The van der Waals surface area contributed by atoms with Crippen molar-refractivity contribution in [2.75, 3.05) is 0 Å². The van der Waals surface area contributed by atoms with Gasteiger partial charge in [-0.3, -0.25) is 4.79 Å². The smallest absolute Gasteiger partial charge is 0.422 e. The molecule has 1 heterocycles. The third-order valence-corrected chi connectivity index (χ3v) is 2.94. The van der Waals surface area contributed by atoms with Crippen molar-refractivity contribution >= 4 is 12.1 Å². The summed E-state index contributed by atoms with van der Waals surface area (Å²) in [6, 6.07) is 0. The topological polar surface area (TPSA) is 70.4 Å². The van der Waals surface area contributed by atoms with Gasteiger partial charge < -0.3 is 9.47 Å². The van der Waals surface area contributed by atoms with Crippen molar-refractivity contribution < 1.29 is 19.1 Å². The first-order chi connectivity index (χ1) is 9.54. The molecule has 0 spiro atoms. The van der Waals surface area contributed by atoms with Crippen LogP contribution < -0.4 is 0 Å². The minimum Gasteiger partial charge on any atom is -0.425 e. The quantitative estimate of drug-likeness (QED) is 0.437. The van der Waals surface area contributed by atoms with Crippen LogP contribution in [0.2, 0.25) is 0 Å². The number of carbonyl (C=O) groups excluding carboxylic acids is 2. The number of rotatable bonds is 7. The number of ether oxygens (including phenoxy) is 2. The Morgan fingerprint density at radius 1 is 1.30 bits per heavy atom. The average Bonchev–Trinajstić information content (AvgIpc) is 2.91. The van der Waals surface area contributed by atoms with Gasteiger partial charge in [-0.2, -0.15) is 0 Å². The van der Waals surface area contributed by atoms with Crippen LogP contribution in [0.1, 0.15) is 46.5 Å². The number of aromatic nitrogens is 2. The fourth-order valence-electron chi connectivity index (χ4n) is 1.80. The molecular weight excluding hydrogens is 260 g/mol. The number of nitrogens with zero attached hydrogens (tertiary/aromatic N) is 2. The summed E-state index contributed by atoms with van der Waals surface area (Å²) < 4.78 is 11.5. The molecule has 2 atom stereocenters. The molecule has 6 nitrogen and oxygen atoms in total. The molecule has 0 N–H and O–H groups in total. The molecule has 112 valence electrons. The minimum atomic E-state index is -0.862. The average molecular weight is 282 g/mol. The van der Waals surface area contributed by atoms with Crippen molar-refractivity contribution in [1.82, 2.24) is 9.55 Å². The van der Waals surface area contributed by atoms with Crippen LogP contribution in [0.4, 0.5) is 4.79 Å². The van der Waals surface area contributed by atoms with Gasteiger partial charge >= 0.3 is 12.1 Å². The van der Waals surface area contributed by atoms with Gasteiger partial charge in [-0.15, -0.1) is 0 Å². The van der Waals surface area contributed by atoms with Crippen molar-refractivity contribution in [2.24, 2.45) is 5.92 Å². The van der Waals surface area contributed by atoms with E-state index in [1.807, 2.05) is 6.92 Å². The second-order valence-corrected chi connectivity index (χ2v) is 4.80. The third-order valence-electron chi connectivity index (χ3n) is 2.94. The van der Waals surface area contributed by atoms with Crippen molar-refractivity contribution in [1.29, 1.82) is 0 Å². The van der Waals surface area contributed by atoms with Crippen LogP contribution in [0.25, 0.3) is 0 Å². The molecule has 1 rings (SSSR count). The molecule has 0 amide bonds. The van der Waals surface area contributed by atoms with Gasteiger partial charge in [0.2, 0.25) is 0 Å².